The van der Waals surface area contributed by atoms with Crippen molar-refractivity contribution < 1.29 is 0 Å². The van der Waals surface area contributed by atoms with Crippen molar-refractivity contribution in [2.45, 2.75) is 39.3 Å². The molecule has 0 fully saturated rings. The Hall–Kier alpha value is -1.09. The van der Waals surface area contributed by atoms with Crippen LogP contribution >= 0.6 is 0 Å². The highest BCUT2D eigenvalue weighted by Crippen LogP contribution is 2.07. The summed E-state index contributed by atoms with van der Waals surface area (Å²) in [5.74, 6) is 0. The summed E-state index contributed by atoms with van der Waals surface area (Å²) < 4.78 is 1.88. The standard InChI is InChI=1S/C12H21N3/c1-5-7-10(3)13-8-11-9-15(4)14-12(11)6-2/h5,9-10,13H,1,6-8H2,2-4H3. The van der Waals surface area contributed by atoms with Gasteiger partial charge >= 0.3 is 0 Å². The third-order valence-corrected chi connectivity index (χ3v) is 2.49. The average Bonchev–Trinajstić information content (AvgIpc) is 2.56. The highest BCUT2D eigenvalue weighted by Gasteiger charge is 2.06. The quantitative estimate of drug-likeness (QED) is 0.723. The molecule has 1 aromatic rings. The van der Waals surface area contributed by atoms with Crippen molar-refractivity contribution >= 4 is 0 Å². The van der Waals surface area contributed by atoms with Crippen LogP contribution in [-0.2, 0) is 20.0 Å². The molecular weight excluding hydrogens is 186 g/mol. The van der Waals surface area contributed by atoms with Crippen LogP contribution in [0.5, 0.6) is 0 Å². The lowest BCUT2D eigenvalue weighted by atomic mass is 10.2. The molecule has 0 saturated heterocycles. The van der Waals surface area contributed by atoms with E-state index < -0.39 is 0 Å². The normalized spacial score (nSPS) is 12.7. The van der Waals surface area contributed by atoms with Crippen LogP contribution in [0.1, 0.15) is 31.5 Å². The monoisotopic (exact) mass is 207 g/mol. The molecule has 0 aliphatic rings. The van der Waals surface area contributed by atoms with Crippen molar-refractivity contribution in [1.82, 2.24) is 15.1 Å². The number of nitrogens with zero attached hydrogens (tertiary/aromatic N) is 2. The highest BCUT2D eigenvalue weighted by molar-refractivity contribution is 5.16. The lowest BCUT2D eigenvalue weighted by Crippen LogP contribution is -2.24. The molecule has 0 bridgehead atoms. The zero-order valence-electron chi connectivity index (χ0n) is 9.95. The second-order valence-electron chi connectivity index (χ2n) is 3.93. The predicted molar refractivity (Wildman–Crippen MR) is 63.7 cm³/mol. The zero-order valence-corrected chi connectivity index (χ0v) is 9.95. The van der Waals surface area contributed by atoms with E-state index in [0.29, 0.717) is 6.04 Å². The number of nitrogens with one attached hydrogen (secondary N) is 1. The first-order valence-corrected chi connectivity index (χ1v) is 5.53. The predicted octanol–water partition coefficient (Wildman–Crippen LogP) is 2.04. The number of aromatic nitrogens is 2. The van der Waals surface area contributed by atoms with Crippen molar-refractivity contribution in [3.05, 3.63) is 30.1 Å². The SMILES string of the molecule is C=CCC(C)NCc1cn(C)nc1CC. The van der Waals surface area contributed by atoms with Crippen molar-refractivity contribution in [3.8, 4) is 0 Å². The van der Waals surface area contributed by atoms with Gasteiger partial charge < -0.3 is 5.32 Å². The summed E-state index contributed by atoms with van der Waals surface area (Å²) in [5, 5.41) is 7.87. The molecule has 0 radical (unpaired) electrons. The molecule has 3 heteroatoms. The van der Waals surface area contributed by atoms with E-state index in [1.807, 2.05) is 17.8 Å². The molecule has 1 rings (SSSR count). The Morgan fingerprint density at radius 3 is 3.00 bits per heavy atom. The van der Waals surface area contributed by atoms with Gasteiger partial charge in [-0.3, -0.25) is 4.68 Å². The summed E-state index contributed by atoms with van der Waals surface area (Å²) >= 11 is 0. The van der Waals surface area contributed by atoms with Gasteiger partial charge in [-0.25, -0.2) is 0 Å². The molecule has 0 aliphatic heterocycles. The molecule has 1 aromatic heterocycles. The van der Waals surface area contributed by atoms with E-state index in [2.05, 4.69) is 37.0 Å². The minimum atomic E-state index is 0.479. The summed E-state index contributed by atoms with van der Waals surface area (Å²) in [4.78, 5) is 0. The van der Waals surface area contributed by atoms with Gasteiger partial charge in [0.1, 0.15) is 0 Å². The number of hydrogen-bond acceptors (Lipinski definition) is 2. The molecule has 1 N–H and O–H groups in total. The fraction of sp³-hybridized carbons (Fsp3) is 0.583. The Morgan fingerprint density at radius 2 is 2.40 bits per heavy atom. The van der Waals surface area contributed by atoms with Gasteiger partial charge in [0.2, 0.25) is 0 Å². The molecule has 0 aromatic carbocycles. The number of aryl methyl sites for hydroxylation is 2. The summed E-state index contributed by atoms with van der Waals surface area (Å²) in [5.41, 5.74) is 2.49. The summed E-state index contributed by atoms with van der Waals surface area (Å²) in [6.45, 7) is 8.94. The van der Waals surface area contributed by atoms with E-state index in [9.17, 15) is 0 Å². The molecule has 84 valence electrons. The largest absolute Gasteiger partial charge is 0.310 e. The molecule has 1 heterocycles. The van der Waals surface area contributed by atoms with E-state index in [0.717, 1.165) is 19.4 Å². The smallest absolute Gasteiger partial charge is 0.0666 e. The maximum Gasteiger partial charge on any atom is 0.0666 e. The Morgan fingerprint density at radius 1 is 1.67 bits per heavy atom. The second-order valence-corrected chi connectivity index (χ2v) is 3.93. The number of rotatable bonds is 6. The van der Waals surface area contributed by atoms with E-state index in [4.69, 9.17) is 0 Å². The van der Waals surface area contributed by atoms with Gasteiger partial charge in [-0.05, 0) is 19.8 Å². The first kappa shape index (κ1) is 12.0. The van der Waals surface area contributed by atoms with Crippen LogP contribution in [0.25, 0.3) is 0 Å². The van der Waals surface area contributed by atoms with Gasteiger partial charge in [0.25, 0.3) is 0 Å². The summed E-state index contributed by atoms with van der Waals surface area (Å²) in [6, 6.07) is 0.479. The lowest BCUT2D eigenvalue weighted by Gasteiger charge is -2.10. The van der Waals surface area contributed by atoms with E-state index >= 15 is 0 Å². The molecule has 3 nitrogen and oxygen atoms in total. The van der Waals surface area contributed by atoms with Gasteiger partial charge in [0, 0.05) is 31.4 Å². The Labute approximate surface area is 92.2 Å². The van der Waals surface area contributed by atoms with Crippen LogP contribution in [0.2, 0.25) is 0 Å². The van der Waals surface area contributed by atoms with Crippen LogP contribution in [0.3, 0.4) is 0 Å². The van der Waals surface area contributed by atoms with Crippen LogP contribution in [0.4, 0.5) is 0 Å². The first-order chi connectivity index (χ1) is 7.17. The van der Waals surface area contributed by atoms with Crippen molar-refractivity contribution in [2.24, 2.45) is 7.05 Å². The highest BCUT2D eigenvalue weighted by atomic mass is 15.3. The third-order valence-electron chi connectivity index (χ3n) is 2.49. The van der Waals surface area contributed by atoms with Gasteiger partial charge in [-0.2, -0.15) is 5.10 Å². The van der Waals surface area contributed by atoms with E-state index in [1.165, 1.54) is 11.3 Å². The minimum absolute atomic E-state index is 0.479. The third kappa shape index (κ3) is 3.51. The van der Waals surface area contributed by atoms with Crippen molar-refractivity contribution in [2.75, 3.05) is 0 Å². The van der Waals surface area contributed by atoms with Gasteiger partial charge in [-0.1, -0.05) is 13.0 Å². The molecule has 0 saturated carbocycles. The molecule has 0 aliphatic carbocycles. The molecular formula is C12H21N3. The van der Waals surface area contributed by atoms with Crippen LogP contribution in [0, 0.1) is 0 Å². The molecule has 1 unspecified atom stereocenters. The second kappa shape index (κ2) is 5.71. The van der Waals surface area contributed by atoms with E-state index in [1.54, 1.807) is 0 Å². The molecule has 1 atom stereocenters. The summed E-state index contributed by atoms with van der Waals surface area (Å²) in [6.07, 6.45) is 6.03. The molecule has 15 heavy (non-hydrogen) atoms. The molecule has 0 spiro atoms. The van der Waals surface area contributed by atoms with Gasteiger partial charge in [0.15, 0.2) is 0 Å². The summed E-state index contributed by atoms with van der Waals surface area (Å²) in [7, 11) is 1.97. The van der Waals surface area contributed by atoms with Crippen LogP contribution in [0.15, 0.2) is 18.9 Å². The van der Waals surface area contributed by atoms with Crippen molar-refractivity contribution in [1.29, 1.82) is 0 Å². The Kier molecular flexibility index (Phi) is 4.56. The fourth-order valence-electron chi connectivity index (χ4n) is 1.65. The Bertz CT molecular complexity index is 315. The topological polar surface area (TPSA) is 29.9 Å². The fourth-order valence-corrected chi connectivity index (χ4v) is 1.65. The first-order valence-electron chi connectivity index (χ1n) is 5.53. The maximum atomic E-state index is 4.41. The average molecular weight is 207 g/mol. The molecule has 0 amide bonds. The minimum Gasteiger partial charge on any atom is -0.310 e. The van der Waals surface area contributed by atoms with Gasteiger partial charge in [-0.15, -0.1) is 6.58 Å². The van der Waals surface area contributed by atoms with Crippen molar-refractivity contribution in [3.63, 3.8) is 0 Å². The lowest BCUT2D eigenvalue weighted by molar-refractivity contribution is 0.552. The maximum absolute atomic E-state index is 4.41. The van der Waals surface area contributed by atoms with Crippen LogP contribution < -0.4 is 5.32 Å². The number of hydrogen-bond donors (Lipinski definition) is 1. The zero-order chi connectivity index (χ0) is 11.3. The Balaban J connectivity index is 2.52. The van der Waals surface area contributed by atoms with E-state index in [-0.39, 0.29) is 0 Å². The van der Waals surface area contributed by atoms with Gasteiger partial charge in [0.05, 0.1) is 5.69 Å². The van der Waals surface area contributed by atoms with Crippen LogP contribution in [-0.4, -0.2) is 15.8 Å².